The fraction of sp³-hybridized carbons (Fsp3) is 0.214. The summed E-state index contributed by atoms with van der Waals surface area (Å²) in [6.45, 7) is 5.19. The first-order valence-corrected chi connectivity index (χ1v) is 5.31. The molecule has 1 atom stereocenters. The highest BCUT2D eigenvalue weighted by atomic mass is 16.5. The molecule has 0 saturated carbocycles. The van der Waals surface area contributed by atoms with Gasteiger partial charge in [-0.15, -0.1) is 0 Å². The van der Waals surface area contributed by atoms with Gasteiger partial charge in [0.2, 0.25) is 0 Å². The lowest BCUT2D eigenvalue weighted by atomic mass is 9.88. The number of allylic oxidation sites excluding steroid dienone is 7. The SMILES string of the molecule is C=C(C)C(=O)OC1=CC2=CC=CCC2C=C1. The maximum absolute atomic E-state index is 11.3. The van der Waals surface area contributed by atoms with Crippen molar-refractivity contribution in [2.24, 2.45) is 5.92 Å². The van der Waals surface area contributed by atoms with Crippen molar-refractivity contribution in [3.8, 4) is 0 Å². The topological polar surface area (TPSA) is 26.3 Å². The van der Waals surface area contributed by atoms with Crippen LogP contribution in [0.1, 0.15) is 13.3 Å². The van der Waals surface area contributed by atoms with Crippen LogP contribution < -0.4 is 0 Å². The highest BCUT2D eigenvalue weighted by Crippen LogP contribution is 2.28. The van der Waals surface area contributed by atoms with Gasteiger partial charge in [-0.2, -0.15) is 0 Å². The Morgan fingerprint density at radius 2 is 2.38 bits per heavy atom. The maximum atomic E-state index is 11.3. The van der Waals surface area contributed by atoms with E-state index < -0.39 is 0 Å². The summed E-state index contributed by atoms with van der Waals surface area (Å²) < 4.78 is 5.17. The molecule has 2 nitrogen and oxygen atoms in total. The number of fused-ring (bicyclic) bond motifs is 1. The lowest BCUT2D eigenvalue weighted by Gasteiger charge is -2.20. The average Bonchev–Trinajstić information content (AvgIpc) is 2.28. The Morgan fingerprint density at radius 3 is 3.12 bits per heavy atom. The Kier molecular flexibility index (Phi) is 2.91. The van der Waals surface area contributed by atoms with Gasteiger partial charge in [-0.05, 0) is 31.1 Å². The van der Waals surface area contributed by atoms with E-state index in [0.29, 0.717) is 17.3 Å². The van der Waals surface area contributed by atoms with Crippen molar-refractivity contribution >= 4 is 5.97 Å². The van der Waals surface area contributed by atoms with Gasteiger partial charge in [0.15, 0.2) is 0 Å². The van der Waals surface area contributed by atoms with Crippen molar-refractivity contribution in [1.29, 1.82) is 0 Å². The van der Waals surface area contributed by atoms with Crippen molar-refractivity contribution in [3.05, 3.63) is 59.9 Å². The molecule has 2 heteroatoms. The third kappa shape index (κ3) is 2.22. The van der Waals surface area contributed by atoms with E-state index in [-0.39, 0.29) is 5.97 Å². The summed E-state index contributed by atoms with van der Waals surface area (Å²) in [4.78, 5) is 11.3. The van der Waals surface area contributed by atoms with Gasteiger partial charge >= 0.3 is 5.97 Å². The fourth-order valence-corrected chi connectivity index (χ4v) is 1.69. The zero-order chi connectivity index (χ0) is 11.5. The maximum Gasteiger partial charge on any atom is 0.338 e. The molecule has 0 radical (unpaired) electrons. The zero-order valence-corrected chi connectivity index (χ0v) is 9.27. The molecule has 0 amide bonds. The molecule has 82 valence electrons. The second-order valence-electron chi connectivity index (χ2n) is 4.01. The minimum atomic E-state index is -0.374. The minimum absolute atomic E-state index is 0.374. The van der Waals surface area contributed by atoms with Crippen LogP contribution in [-0.4, -0.2) is 5.97 Å². The number of hydrogen-bond donors (Lipinski definition) is 0. The van der Waals surface area contributed by atoms with Crippen LogP contribution in [0.2, 0.25) is 0 Å². The number of rotatable bonds is 2. The standard InChI is InChI=1S/C14H14O2/c1-10(2)14(15)16-13-8-7-11-5-3-4-6-12(11)9-13/h3-4,6-9,11H,1,5H2,2H3. The largest absolute Gasteiger partial charge is 0.423 e. The Hall–Kier alpha value is -1.83. The third-order valence-corrected chi connectivity index (χ3v) is 2.60. The molecule has 2 aliphatic carbocycles. The van der Waals surface area contributed by atoms with E-state index in [0.717, 1.165) is 6.42 Å². The van der Waals surface area contributed by atoms with Gasteiger partial charge in [0, 0.05) is 11.5 Å². The Balaban J connectivity index is 2.13. The van der Waals surface area contributed by atoms with Crippen molar-refractivity contribution in [2.45, 2.75) is 13.3 Å². The van der Waals surface area contributed by atoms with E-state index in [1.54, 1.807) is 6.92 Å². The van der Waals surface area contributed by atoms with Crippen LogP contribution in [0.25, 0.3) is 0 Å². The Morgan fingerprint density at radius 1 is 1.56 bits per heavy atom. The van der Waals surface area contributed by atoms with E-state index in [9.17, 15) is 4.79 Å². The van der Waals surface area contributed by atoms with E-state index in [2.05, 4.69) is 18.7 Å². The second-order valence-corrected chi connectivity index (χ2v) is 4.01. The van der Waals surface area contributed by atoms with Gasteiger partial charge < -0.3 is 4.74 Å². The smallest absolute Gasteiger partial charge is 0.338 e. The van der Waals surface area contributed by atoms with Crippen LogP contribution in [0.15, 0.2) is 59.9 Å². The number of carbonyl (C=O) groups excluding carboxylic acids is 1. The molecule has 0 aromatic rings. The van der Waals surface area contributed by atoms with Crippen LogP contribution in [0, 0.1) is 5.92 Å². The number of hydrogen-bond acceptors (Lipinski definition) is 2. The molecule has 0 bridgehead atoms. The average molecular weight is 214 g/mol. The molecular formula is C14H14O2. The van der Waals surface area contributed by atoms with E-state index in [1.165, 1.54) is 5.57 Å². The van der Waals surface area contributed by atoms with Gasteiger partial charge in [0.1, 0.15) is 5.76 Å². The molecule has 0 saturated heterocycles. The highest BCUT2D eigenvalue weighted by Gasteiger charge is 2.16. The molecule has 0 fully saturated rings. The van der Waals surface area contributed by atoms with Crippen LogP contribution >= 0.6 is 0 Å². The Labute approximate surface area is 95.3 Å². The van der Waals surface area contributed by atoms with Gasteiger partial charge in [0.05, 0.1) is 0 Å². The molecule has 2 aliphatic rings. The molecule has 0 heterocycles. The monoisotopic (exact) mass is 214 g/mol. The van der Waals surface area contributed by atoms with Crippen molar-refractivity contribution in [1.82, 2.24) is 0 Å². The summed E-state index contributed by atoms with van der Waals surface area (Å²) in [5, 5.41) is 0. The first-order valence-electron chi connectivity index (χ1n) is 5.31. The lowest BCUT2D eigenvalue weighted by Crippen LogP contribution is -2.10. The number of carbonyl (C=O) groups is 1. The number of ether oxygens (including phenoxy) is 1. The normalized spacial score (nSPS) is 21.9. The molecule has 0 N–H and O–H groups in total. The fourth-order valence-electron chi connectivity index (χ4n) is 1.69. The summed E-state index contributed by atoms with van der Waals surface area (Å²) in [6, 6.07) is 0. The van der Waals surface area contributed by atoms with Gasteiger partial charge in [-0.1, -0.05) is 30.9 Å². The van der Waals surface area contributed by atoms with Crippen molar-refractivity contribution in [2.75, 3.05) is 0 Å². The first kappa shape index (κ1) is 10.7. The van der Waals surface area contributed by atoms with Crippen LogP contribution in [-0.2, 0) is 9.53 Å². The number of esters is 1. The lowest BCUT2D eigenvalue weighted by molar-refractivity contribution is -0.134. The van der Waals surface area contributed by atoms with Crippen LogP contribution in [0.3, 0.4) is 0 Å². The van der Waals surface area contributed by atoms with Gasteiger partial charge in [-0.25, -0.2) is 4.79 Å². The minimum Gasteiger partial charge on any atom is -0.423 e. The summed E-state index contributed by atoms with van der Waals surface area (Å²) in [7, 11) is 0. The predicted octanol–water partition coefficient (Wildman–Crippen LogP) is 3.06. The summed E-state index contributed by atoms with van der Waals surface area (Å²) in [6.07, 6.45) is 13.1. The highest BCUT2D eigenvalue weighted by molar-refractivity contribution is 5.88. The molecule has 0 aliphatic heterocycles. The molecule has 0 aromatic carbocycles. The summed E-state index contributed by atoms with van der Waals surface area (Å²) in [5.41, 5.74) is 1.60. The second kappa shape index (κ2) is 4.35. The molecule has 0 aromatic heterocycles. The van der Waals surface area contributed by atoms with Crippen molar-refractivity contribution < 1.29 is 9.53 Å². The first-order chi connectivity index (χ1) is 7.66. The van der Waals surface area contributed by atoms with Gasteiger partial charge in [-0.3, -0.25) is 0 Å². The zero-order valence-electron chi connectivity index (χ0n) is 9.27. The molecule has 1 unspecified atom stereocenters. The van der Waals surface area contributed by atoms with Crippen LogP contribution in [0.5, 0.6) is 0 Å². The van der Waals surface area contributed by atoms with Crippen molar-refractivity contribution in [3.63, 3.8) is 0 Å². The summed E-state index contributed by atoms with van der Waals surface area (Å²) in [5.74, 6) is 0.643. The van der Waals surface area contributed by atoms with Crippen LogP contribution in [0.4, 0.5) is 0 Å². The Bertz CT molecular complexity index is 447. The molecule has 16 heavy (non-hydrogen) atoms. The quantitative estimate of drug-likeness (QED) is 0.521. The molecule has 2 rings (SSSR count). The van der Waals surface area contributed by atoms with E-state index in [1.807, 2.05) is 24.3 Å². The molecule has 0 spiro atoms. The summed E-state index contributed by atoms with van der Waals surface area (Å²) >= 11 is 0. The van der Waals surface area contributed by atoms with E-state index >= 15 is 0 Å². The van der Waals surface area contributed by atoms with Gasteiger partial charge in [0.25, 0.3) is 0 Å². The van der Waals surface area contributed by atoms with E-state index in [4.69, 9.17) is 4.74 Å². The third-order valence-electron chi connectivity index (χ3n) is 2.60. The predicted molar refractivity (Wildman–Crippen MR) is 63.5 cm³/mol. The molecular weight excluding hydrogens is 200 g/mol.